The number of aryl methyl sites for hydroxylation is 1. The van der Waals surface area contributed by atoms with Crippen LogP contribution >= 0.6 is 0 Å². The van der Waals surface area contributed by atoms with Crippen molar-refractivity contribution in [1.29, 1.82) is 0 Å². The Bertz CT molecular complexity index is 486. The molecule has 0 unspecified atom stereocenters. The van der Waals surface area contributed by atoms with Crippen molar-refractivity contribution in [2.24, 2.45) is 0 Å². The average Bonchev–Trinajstić information content (AvgIpc) is 2.23. The van der Waals surface area contributed by atoms with Crippen LogP contribution in [0.15, 0.2) is 12.1 Å². The minimum atomic E-state index is -2.78. The van der Waals surface area contributed by atoms with Crippen molar-refractivity contribution in [2.45, 2.75) is 13.8 Å². The predicted octanol–water partition coefficient (Wildman–Crippen LogP) is 1.17. The third-order valence-corrected chi connectivity index (χ3v) is 2.44. The highest BCUT2D eigenvalue weighted by atomic mass is 32.2. The summed E-state index contributed by atoms with van der Waals surface area (Å²) in [6, 6.07) is 2.85. The number of benzene rings is 1. The van der Waals surface area contributed by atoms with Gasteiger partial charge in [-0.05, 0) is 31.0 Å². The standard InChI is InChI=1S/C10H11FO4S/c1-6-3-4-8(7(2)9(6)11)10(12)15-5-16(13)14/h3-4,16H,5H2,1-2H3. The molecule has 0 atom stereocenters. The minimum Gasteiger partial charge on any atom is -0.446 e. The molecule has 16 heavy (non-hydrogen) atoms. The first kappa shape index (κ1) is 12.6. The number of rotatable bonds is 3. The normalized spacial score (nSPS) is 10.5. The van der Waals surface area contributed by atoms with Crippen LogP contribution in [0, 0.1) is 19.7 Å². The molecule has 0 bridgehead atoms. The van der Waals surface area contributed by atoms with E-state index in [2.05, 4.69) is 4.74 Å². The van der Waals surface area contributed by atoms with Gasteiger partial charge in [-0.15, -0.1) is 0 Å². The van der Waals surface area contributed by atoms with Gasteiger partial charge in [-0.25, -0.2) is 17.6 Å². The Balaban J connectivity index is 2.96. The second-order valence-corrected chi connectivity index (χ2v) is 4.19. The highest BCUT2D eigenvalue weighted by molar-refractivity contribution is 7.72. The fourth-order valence-electron chi connectivity index (χ4n) is 1.23. The summed E-state index contributed by atoms with van der Waals surface area (Å²) in [5.74, 6) is -2.01. The average molecular weight is 246 g/mol. The number of hydrogen-bond donors (Lipinski definition) is 1. The maximum atomic E-state index is 13.4. The number of ether oxygens (including phenoxy) is 1. The zero-order valence-corrected chi connectivity index (χ0v) is 9.71. The number of carbonyl (C=O) groups excluding carboxylic acids is 1. The molecular weight excluding hydrogens is 235 g/mol. The molecule has 0 radical (unpaired) electrons. The van der Waals surface area contributed by atoms with E-state index in [9.17, 15) is 17.6 Å². The Morgan fingerprint density at radius 1 is 1.38 bits per heavy atom. The van der Waals surface area contributed by atoms with Crippen LogP contribution in [0.4, 0.5) is 4.39 Å². The lowest BCUT2D eigenvalue weighted by Gasteiger charge is -2.07. The van der Waals surface area contributed by atoms with Gasteiger partial charge in [-0.3, -0.25) is 0 Å². The number of halogens is 1. The zero-order valence-electron chi connectivity index (χ0n) is 8.82. The summed E-state index contributed by atoms with van der Waals surface area (Å²) in [6.45, 7) is 3.02. The molecule has 1 aromatic carbocycles. The predicted molar refractivity (Wildman–Crippen MR) is 56.5 cm³/mol. The molecule has 6 heteroatoms. The topological polar surface area (TPSA) is 60.4 Å². The first-order valence-corrected chi connectivity index (χ1v) is 5.84. The first-order valence-electron chi connectivity index (χ1n) is 4.48. The van der Waals surface area contributed by atoms with Crippen molar-refractivity contribution in [1.82, 2.24) is 0 Å². The van der Waals surface area contributed by atoms with Crippen molar-refractivity contribution < 1.29 is 22.3 Å². The highest BCUT2D eigenvalue weighted by Crippen LogP contribution is 2.17. The molecule has 1 rings (SSSR count). The van der Waals surface area contributed by atoms with Crippen LogP contribution in [0.2, 0.25) is 0 Å². The summed E-state index contributed by atoms with van der Waals surface area (Å²) < 4.78 is 38.3. The van der Waals surface area contributed by atoms with Gasteiger partial charge in [0.25, 0.3) is 0 Å². The van der Waals surface area contributed by atoms with E-state index in [1.165, 1.54) is 19.1 Å². The molecule has 0 heterocycles. The molecule has 0 aliphatic heterocycles. The molecule has 0 aromatic heterocycles. The maximum absolute atomic E-state index is 13.4. The van der Waals surface area contributed by atoms with E-state index in [0.29, 0.717) is 5.56 Å². The molecule has 0 N–H and O–H groups in total. The van der Waals surface area contributed by atoms with Gasteiger partial charge in [0.1, 0.15) is 5.82 Å². The first-order chi connectivity index (χ1) is 7.43. The van der Waals surface area contributed by atoms with Crippen LogP contribution in [-0.2, 0) is 15.4 Å². The highest BCUT2D eigenvalue weighted by Gasteiger charge is 2.14. The Kier molecular flexibility index (Phi) is 4.00. The number of carbonyl (C=O) groups is 1. The van der Waals surface area contributed by atoms with Crippen LogP contribution in [0.25, 0.3) is 0 Å². The van der Waals surface area contributed by atoms with Crippen LogP contribution < -0.4 is 0 Å². The smallest absolute Gasteiger partial charge is 0.339 e. The van der Waals surface area contributed by atoms with Gasteiger partial charge >= 0.3 is 5.97 Å². The molecule has 0 saturated carbocycles. The Hall–Kier alpha value is -1.43. The molecular formula is C10H11FO4S. The van der Waals surface area contributed by atoms with Gasteiger partial charge < -0.3 is 4.74 Å². The lowest BCUT2D eigenvalue weighted by Crippen LogP contribution is -2.10. The Morgan fingerprint density at radius 2 is 2.00 bits per heavy atom. The number of thiol groups is 1. The second kappa shape index (κ2) is 5.07. The molecule has 4 nitrogen and oxygen atoms in total. The van der Waals surface area contributed by atoms with Crippen molar-refractivity contribution in [2.75, 3.05) is 5.94 Å². The van der Waals surface area contributed by atoms with Gasteiger partial charge in [-0.1, -0.05) is 6.07 Å². The zero-order chi connectivity index (χ0) is 12.3. The van der Waals surface area contributed by atoms with Crippen LogP contribution in [0.1, 0.15) is 21.5 Å². The minimum absolute atomic E-state index is 0.0416. The summed E-state index contributed by atoms with van der Waals surface area (Å²) in [7, 11) is -2.78. The molecule has 88 valence electrons. The summed E-state index contributed by atoms with van der Waals surface area (Å²) in [6.07, 6.45) is 0. The third-order valence-electron chi connectivity index (χ3n) is 2.10. The molecule has 0 spiro atoms. The van der Waals surface area contributed by atoms with E-state index in [1.54, 1.807) is 6.92 Å². The Morgan fingerprint density at radius 3 is 2.56 bits per heavy atom. The van der Waals surface area contributed by atoms with Gasteiger partial charge in [0.2, 0.25) is 0 Å². The van der Waals surface area contributed by atoms with E-state index in [1.807, 2.05) is 0 Å². The fourth-order valence-corrected chi connectivity index (χ4v) is 1.45. The third kappa shape index (κ3) is 2.79. The van der Waals surface area contributed by atoms with E-state index in [0.717, 1.165) is 0 Å². The van der Waals surface area contributed by atoms with E-state index < -0.39 is 28.4 Å². The summed E-state index contributed by atoms with van der Waals surface area (Å²) in [4.78, 5) is 11.4. The van der Waals surface area contributed by atoms with E-state index >= 15 is 0 Å². The van der Waals surface area contributed by atoms with Gasteiger partial charge in [0, 0.05) is 0 Å². The lowest BCUT2D eigenvalue weighted by molar-refractivity contribution is 0.0572. The lowest BCUT2D eigenvalue weighted by atomic mass is 10.1. The summed E-state index contributed by atoms with van der Waals surface area (Å²) in [5, 5.41) is 0. The van der Waals surface area contributed by atoms with Crippen molar-refractivity contribution >= 4 is 16.7 Å². The number of hydrogen-bond acceptors (Lipinski definition) is 4. The summed E-state index contributed by atoms with van der Waals surface area (Å²) >= 11 is 0. The molecule has 0 aliphatic rings. The van der Waals surface area contributed by atoms with Gasteiger partial charge in [0.15, 0.2) is 16.6 Å². The summed E-state index contributed by atoms with van der Waals surface area (Å²) in [5.41, 5.74) is 0.620. The quantitative estimate of drug-likeness (QED) is 0.642. The van der Waals surface area contributed by atoms with Crippen molar-refractivity contribution in [3.8, 4) is 0 Å². The molecule has 1 aromatic rings. The van der Waals surface area contributed by atoms with Crippen molar-refractivity contribution in [3.63, 3.8) is 0 Å². The SMILES string of the molecule is Cc1ccc(C(=O)OC[SH](=O)=O)c(C)c1F. The monoisotopic (exact) mass is 246 g/mol. The maximum Gasteiger partial charge on any atom is 0.339 e. The van der Waals surface area contributed by atoms with Crippen molar-refractivity contribution in [3.05, 3.63) is 34.6 Å². The van der Waals surface area contributed by atoms with Gasteiger partial charge in [-0.2, -0.15) is 0 Å². The van der Waals surface area contributed by atoms with Crippen LogP contribution in [-0.4, -0.2) is 20.3 Å². The Labute approximate surface area is 94.0 Å². The van der Waals surface area contributed by atoms with Crippen LogP contribution in [0.5, 0.6) is 0 Å². The number of esters is 1. The fraction of sp³-hybridized carbons (Fsp3) is 0.300. The largest absolute Gasteiger partial charge is 0.446 e. The molecule has 0 aliphatic carbocycles. The van der Waals surface area contributed by atoms with Gasteiger partial charge in [0.05, 0.1) is 5.56 Å². The molecule has 0 saturated heterocycles. The molecule has 0 amide bonds. The second-order valence-electron chi connectivity index (χ2n) is 3.26. The molecule has 0 fully saturated rings. The van der Waals surface area contributed by atoms with Crippen LogP contribution in [0.3, 0.4) is 0 Å². The van der Waals surface area contributed by atoms with E-state index in [-0.39, 0.29) is 11.1 Å². The van der Waals surface area contributed by atoms with E-state index in [4.69, 9.17) is 0 Å².